The van der Waals surface area contributed by atoms with Crippen LogP contribution in [0.4, 0.5) is 0 Å². The van der Waals surface area contributed by atoms with Crippen LogP contribution in [0.3, 0.4) is 0 Å². The van der Waals surface area contributed by atoms with Crippen molar-refractivity contribution in [3.63, 3.8) is 0 Å². The normalized spacial score (nSPS) is 28.6. The molecule has 0 radical (unpaired) electrons. The van der Waals surface area contributed by atoms with E-state index in [9.17, 15) is 10.2 Å². The number of rotatable bonds is 4. The van der Waals surface area contributed by atoms with Crippen LogP contribution < -0.4 is 0 Å². The van der Waals surface area contributed by atoms with Crippen LogP contribution in [0.15, 0.2) is 18.6 Å². The fraction of sp³-hybridized carbons (Fsp3) is 0.600. The molecule has 2 N–H and O–H groups in total. The second-order valence-corrected chi connectivity index (χ2v) is 6.81. The van der Waals surface area contributed by atoms with Gasteiger partial charge < -0.3 is 24.3 Å². The summed E-state index contributed by atoms with van der Waals surface area (Å²) in [5.41, 5.74) is -0.176. The molecule has 1 aliphatic heterocycles. The van der Waals surface area contributed by atoms with E-state index in [-0.39, 0.29) is 12.8 Å². The van der Waals surface area contributed by atoms with Crippen molar-refractivity contribution in [3.05, 3.63) is 23.7 Å². The van der Waals surface area contributed by atoms with Crippen molar-refractivity contribution in [1.29, 1.82) is 0 Å². The number of nitrogens with zero attached hydrogens (tertiary/aromatic N) is 3. The molecule has 2 aromatic heterocycles. The highest BCUT2D eigenvalue weighted by molar-refractivity contribution is 6.33. The lowest BCUT2D eigenvalue weighted by Gasteiger charge is -2.34. The summed E-state index contributed by atoms with van der Waals surface area (Å²) in [6.45, 7) is 4.72. The van der Waals surface area contributed by atoms with Gasteiger partial charge in [0.05, 0.1) is 12.0 Å². The number of hydrogen-bond acceptors (Lipinski definition) is 6. The maximum Gasteiger partial charge on any atom is 0.160 e. The second kappa shape index (κ2) is 5.68. The Morgan fingerprint density at radius 2 is 2.26 bits per heavy atom. The average Bonchev–Trinajstić information content (AvgIpc) is 2.98. The molecule has 7 nitrogen and oxygen atoms in total. The molecule has 3 atom stereocenters. The van der Waals surface area contributed by atoms with Crippen LogP contribution in [0, 0.1) is 0 Å². The van der Waals surface area contributed by atoms with Gasteiger partial charge in [-0.1, -0.05) is 11.6 Å². The van der Waals surface area contributed by atoms with E-state index in [1.54, 1.807) is 13.8 Å². The topological polar surface area (TPSA) is 89.6 Å². The van der Waals surface area contributed by atoms with Crippen molar-refractivity contribution in [3.8, 4) is 0 Å². The van der Waals surface area contributed by atoms with Gasteiger partial charge in [-0.3, -0.25) is 0 Å². The monoisotopic (exact) mass is 341 g/mol. The number of hydrogen-bond donors (Lipinski definition) is 2. The van der Waals surface area contributed by atoms with Crippen molar-refractivity contribution in [2.45, 2.75) is 50.9 Å². The van der Waals surface area contributed by atoms with E-state index in [0.717, 1.165) is 5.39 Å². The fourth-order valence-corrected chi connectivity index (χ4v) is 3.30. The van der Waals surface area contributed by atoms with E-state index in [2.05, 4.69) is 9.97 Å². The third-order valence-electron chi connectivity index (χ3n) is 4.00. The molecule has 0 aromatic carbocycles. The highest BCUT2D eigenvalue weighted by Gasteiger charge is 2.49. The number of halogens is 1. The molecule has 0 amide bonds. The zero-order valence-electron chi connectivity index (χ0n) is 13.2. The van der Waals surface area contributed by atoms with Gasteiger partial charge in [0.25, 0.3) is 0 Å². The Morgan fingerprint density at radius 1 is 1.52 bits per heavy atom. The van der Waals surface area contributed by atoms with Gasteiger partial charge in [0.2, 0.25) is 0 Å². The molecule has 0 saturated carbocycles. The molecule has 23 heavy (non-hydrogen) atoms. The Balaban J connectivity index is 1.94. The molecular weight excluding hydrogens is 322 g/mol. The number of fused-ring (bicyclic) bond motifs is 1. The minimum absolute atomic E-state index is 0.210. The highest BCUT2D eigenvalue weighted by Crippen LogP contribution is 2.42. The van der Waals surface area contributed by atoms with Crippen LogP contribution >= 0.6 is 11.6 Å². The molecule has 0 bridgehead atoms. The molecular formula is C15H20ClN3O4. The number of aromatic nitrogens is 3. The molecule has 3 heterocycles. The molecule has 126 valence electrons. The zero-order chi connectivity index (χ0) is 16.8. The Kier molecular flexibility index (Phi) is 4.10. The third kappa shape index (κ3) is 3.07. The van der Waals surface area contributed by atoms with Crippen LogP contribution in [0.2, 0.25) is 5.15 Å². The van der Waals surface area contributed by atoms with Crippen molar-refractivity contribution in [2.24, 2.45) is 0 Å². The third-order valence-corrected chi connectivity index (χ3v) is 4.30. The van der Waals surface area contributed by atoms with E-state index in [1.165, 1.54) is 6.33 Å². The Morgan fingerprint density at radius 3 is 2.91 bits per heavy atom. The number of ether oxygens (including phenoxy) is 2. The quantitative estimate of drug-likeness (QED) is 0.652. The van der Waals surface area contributed by atoms with Crippen LogP contribution in [0.25, 0.3) is 11.0 Å². The summed E-state index contributed by atoms with van der Waals surface area (Å²) in [7, 11) is 0. The molecule has 3 unspecified atom stereocenters. The Bertz CT molecular complexity index is 714. The average molecular weight is 342 g/mol. The van der Waals surface area contributed by atoms with Crippen LogP contribution in [-0.4, -0.2) is 48.8 Å². The summed E-state index contributed by atoms with van der Waals surface area (Å²) in [4.78, 5) is 8.21. The standard InChI is InChI=1S/C15H20ClN3O4/c1-14(2,21)23-15(3)6-11(22-10(15)7-20)19-5-4-9-12(16)17-8-18-13(9)19/h4-5,8,10-11,20-21H,6-7H2,1-3H3. The molecule has 2 aromatic rings. The summed E-state index contributed by atoms with van der Waals surface area (Å²) in [6, 6.07) is 1.82. The first-order chi connectivity index (χ1) is 10.7. The van der Waals surface area contributed by atoms with Gasteiger partial charge in [0.1, 0.15) is 35.1 Å². The largest absolute Gasteiger partial charge is 0.394 e. The van der Waals surface area contributed by atoms with E-state index < -0.39 is 17.5 Å². The predicted octanol–water partition coefficient (Wildman–Crippen LogP) is 1.87. The first-order valence-corrected chi connectivity index (χ1v) is 7.77. The molecule has 0 aliphatic carbocycles. The maximum absolute atomic E-state index is 9.98. The summed E-state index contributed by atoms with van der Waals surface area (Å²) in [5, 5.41) is 20.7. The van der Waals surface area contributed by atoms with Crippen LogP contribution in [0.5, 0.6) is 0 Å². The van der Waals surface area contributed by atoms with Crippen molar-refractivity contribution in [2.75, 3.05) is 6.61 Å². The van der Waals surface area contributed by atoms with E-state index in [1.807, 2.05) is 23.8 Å². The van der Waals surface area contributed by atoms with Crippen LogP contribution in [0.1, 0.15) is 33.4 Å². The predicted molar refractivity (Wildman–Crippen MR) is 83.9 cm³/mol. The smallest absolute Gasteiger partial charge is 0.160 e. The van der Waals surface area contributed by atoms with Gasteiger partial charge in [0.15, 0.2) is 5.79 Å². The summed E-state index contributed by atoms with van der Waals surface area (Å²) in [6.07, 6.45) is 2.72. The van der Waals surface area contributed by atoms with Crippen LogP contribution in [-0.2, 0) is 9.47 Å². The minimum atomic E-state index is -1.33. The lowest BCUT2D eigenvalue weighted by Crippen LogP contribution is -2.46. The number of aliphatic hydroxyl groups is 2. The number of aliphatic hydroxyl groups excluding tert-OH is 1. The SMILES string of the molecule is CC(C)(O)OC1(C)CC(n2ccc3c(Cl)ncnc32)OC1CO. The minimum Gasteiger partial charge on any atom is -0.394 e. The zero-order valence-corrected chi connectivity index (χ0v) is 14.0. The molecule has 8 heteroatoms. The van der Waals surface area contributed by atoms with Crippen molar-refractivity contribution in [1.82, 2.24) is 14.5 Å². The molecule has 3 rings (SSSR count). The second-order valence-electron chi connectivity index (χ2n) is 6.45. The molecule has 0 spiro atoms. The summed E-state index contributed by atoms with van der Waals surface area (Å²) < 4.78 is 13.5. The van der Waals surface area contributed by atoms with Gasteiger partial charge in [0, 0.05) is 12.6 Å². The molecule has 1 fully saturated rings. The lowest BCUT2D eigenvalue weighted by atomic mass is 9.97. The lowest BCUT2D eigenvalue weighted by molar-refractivity contribution is -0.254. The first kappa shape index (κ1) is 16.6. The Hall–Kier alpha value is -1.25. The van der Waals surface area contributed by atoms with Gasteiger partial charge in [-0.25, -0.2) is 9.97 Å². The first-order valence-electron chi connectivity index (χ1n) is 7.39. The van der Waals surface area contributed by atoms with E-state index in [0.29, 0.717) is 17.2 Å². The van der Waals surface area contributed by atoms with Gasteiger partial charge in [-0.2, -0.15) is 0 Å². The van der Waals surface area contributed by atoms with Gasteiger partial charge in [-0.05, 0) is 26.8 Å². The fourth-order valence-electron chi connectivity index (χ4n) is 3.11. The van der Waals surface area contributed by atoms with Gasteiger partial charge >= 0.3 is 0 Å². The van der Waals surface area contributed by atoms with Gasteiger partial charge in [-0.15, -0.1) is 0 Å². The summed E-state index contributed by atoms with van der Waals surface area (Å²) in [5.74, 6) is -1.33. The van der Waals surface area contributed by atoms with Crippen molar-refractivity contribution < 1.29 is 19.7 Å². The van der Waals surface area contributed by atoms with E-state index in [4.69, 9.17) is 21.1 Å². The molecule has 1 saturated heterocycles. The maximum atomic E-state index is 9.98. The summed E-state index contributed by atoms with van der Waals surface area (Å²) >= 11 is 6.07. The van der Waals surface area contributed by atoms with E-state index >= 15 is 0 Å². The van der Waals surface area contributed by atoms with Crippen molar-refractivity contribution >= 4 is 22.6 Å². The highest BCUT2D eigenvalue weighted by atomic mass is 35.5. The Labute approximate surface area is 138 Å². The molecule has 1 aliphatic rings.